The Kier molecular flexibility index (Phi) is 7.01. The molecule has 0 saturated carbocycles. The lowest BCUT2D eigenvalue weighted by atomic mass is 9.91. The molecule has 1 saturated heterocycles. The number of carbonyl (C=O) groups is 1. The van der Waals surface area contributed by atoms with Crippen molar-refractivity contribution in [2.24, 2.45) is 4.99 Å². The molecule has 3 aromatic carbocycles. The number of halogens is 3. The lowest BCUT2D eigenvalue weighted by Crippen LogP contribution is -2.46. The summed E-state index contributed by atoms with van der Waals surface area (Å²) in [5, 5.41) is 4.01. The topological polar surface area (TPSA) is 47.9 Å². The van der Waals surface area contributed by atoms with Gasteiger partial charge in [-0.3, -0.25) is 4.79 Å². The molecule has 0 bridgehead atoms. The molecule has 1 fully saturated rings. The highest BCUT2D eigenvalue weighted by Crippen LogP contribution is 2.41. The summed E-state index contributed by atoms with van der Waals surface area (Å²) in [6.45, 7) is 5.35. The van der Waals surface area contributed by atoms with Gasteiger partial charge >= 0.3 is 0 Å². The summed E-state index contributed by atoms with van der Waals surface area (Å²) in [7, 11) is 1.81. The summed E-state index contributed by atoms with van der Waals surface area (Å²) in [6.07, 6.45) is 3.77. The van der Waals surface area contributed by atoms with E-state index in [1.54, 1.807) is 17.3 Å². The number of carbonyl (C=O) groups excluding carboxylic acids is 1. The predicted octanol–water partition coefficient (Wildman–Crippen LogP) is 6.33. The first-order chi connectivity index (χ1) is 17.7. The number of anilines is 1. The molecular weight excluding hydrogens is 494 g/mol. The second-order valence-electron chi connectivity index (χ2n) is 9.94. The van der Waals surface area contributed by atoms with Crippen molar-refractivity contribution in [2.75, 3.05) is 25.0 Å². The molecule has 1 unspecified atom stereocenters. The number of nitrogens with one attached hydrogen (secondary N) is 1. The monoisotopic (exact) mass is 522 g/mol. The number of benzene rings is 3. The molecule has 37 heavy (non-hydrogen) atoms. The van der Waals surface area contributed by atoms with Crippen LogP contribution in [0.4, 0.5) is 20.2 Å². The van der Waals surface area contributed by atoms with Gasteiger partial charge in [0.2, 0.25) is 5.91 Å². The second-order valence-corrected chi connectivity index (χ2v) is 10.4. The van der Waals surface area contributed by atoms with Gasteiger partial charge in [-0.15, -0.1) is 0 Å². The van der Waals surface area contributed by atoms with Crippen LogP contribution in [0.3, 0.4) is 0 Å². The van der Waals surface area contributed by atoms with Crippen molar-refractivity contribution in [1.82, 2.24) is 10.2 Å². The molecule has 192 valence electrons. The molecule has 1 N–H and O–H groups in total. The minimum Gasteiger partial charge on any atom is -0.342 e. The number of nitrogens with zero attached hydrogens (tertiary/aromatic N) is 3. The highest BCUT2D eigenvalue weighted by Gasteiger charge is 2.35. The van der Waals surface area contributed by atoms with Crippen molar-refractivity contribution in [3.63, 3.8) is 0 Å². The van der Waals surface area contributed by atoms with E-state index < -0.39 is 17.7 Å². The van der Waals surface area contributed by atoms with Gasteiger partial charge in [0, 0.05) is 42.0 Å². The van der Waals surface area contributed by atoms with Crippen LogP contribution >= 0.6 is 11.6 Å². The third-order valence-electron chi connectivity index (χ3n) is 7.03. The zero-order chi connectivity index (χ0) is 26.3. The van der Waals surface area contributed by atoms with Gasteiger partial charge in [-0.1, -0.05) is 11.6 Å². The molecular formula is C29H29ClF2N4O. The minimum atomic E-state index is -0.727. The van der Waals surface area contributed by atoms with Crippen LogP contribution in [-0.4, -0.2) is 43.3 Å². The third kappa shape index (κ3) is 5.24. The van der Waals surface area contributed by atoms with E-state index in [2.05, 4.69) is 10.3 Å². The fourth-order valence-electron chi connectivity index (χ4n) is 5.28. The summed E-state index contributed by atoms with van der Waals surface area (Å²) in [4.78, 5) is 22.3. The maximum atomic E-state index is 14.1. The number of amides is 1. The number of aryl methyl sites for hydroxylation is 2. The molecule has 2 aliphatic rings. The van der Waals surface area contributed by atoms with Crippen molar-refractivity contribution < 1.29 is 13.6 Å². The minimum absolute atomic E-state index is 0.0982. The Balaban J connectivity index is 1.62. The maximum Gasteiger partial charge on any atom is 0.250 e. The van der Waals surface area contributed by atoms with Crippen molar-refractivity contribution in [3.8, 4) is 11.1 Å². The number of rotatable bonds is 5. The number of likely N-dealkylation sites (N-methyl/N-ethyl adjacent to an activating group) is 1. The SMILES string of the molecule is Cc1cc(Cl)cc(N2C=Nc3cc(C)c(-c4cc(F)cc(F)c4)cc3C2C(=O)N(C)C[C@@H]2CCCN2)c1. The summed E-state index contributed by atoms with van der Waals surface area (Å²) in [5.41, 5.74) is 4.88. The molecule has 1 amide bonds. The van der Waals surface area contributed by atoms with Crippen molar-refractivity contribution in [3.05, 3.63) is 81.9 Å². The van der Waals surface area contributed by atoms with Crippen LogP contribution in [0.25, 0.3) is 11.1 Å². The van der Waals surface area contributed by atoms with E-state index in [0.717, 1.165) is 42.3 Å². The first-order valence-electron chi connectivity index (χ1n) is 12.4. The van der Waals surface area contributed by atoms with Gasteiger partial charge in [-0.25, -0.2) is 13.8 Å². The lowest BCUT2D eigenvalue weighted by molar-refractivity contribution is -0.131. The molecule has 2 aliphatic heterocycles. The second kappa shape index (κ2) is 10.2. The standard InChI is InChI=1S/C29H29ClF2N4O/c1-17-7-20(30)12-24(8-17)36-16-34-27-9-18(2)25(19-10-21(31)13-22(32)11-19)14-26(27)28(36)29(37)35(3)15-23-5-4-6-33-23/h7-14,16,23,28,33H,4-6,15H2,1-3H3/t23-,28?/m0/s1. The Morgan fingerprint density at radius 1 is 1.11 bits per heavy atom. The summed E-state index contributed by atoms with van der Waals surface area (Å²) >= 11 is 6.38. The van der Waals surface area contributed by atoms with E-state index in [4.69, 9.17) is 11.6 Å². The molecule has 5 nitrogen and oxygen atoms in total. The molecule has 2 atom stereocenters. The fraction of sp³-hybridized carbons (Fsp3) is 0.310. The van der Waals surface area contributed by atoms with Crippen LogP contribution in [0, 0.1) is 25.5 Å². The normalized spacial score (nSPS) is 18.7. The Hall–Kier alpha value is -3.29. The van der Waals surface area contributed by atoms with Crippen LogP contribution < -0.4 is 10.2 Å². The highest BCUT2D eigenvalue weighted by atomic mass is 35.5. The van der Waals surface area contributed by atoms with Crippen LogP contribution in [0.15, 0.2) is 53.5 Å². The van der Waals surface area contributed by atoms with E-state index in [9.17, 15) is 13.6 Å². The van der Waals surface area contributed by atoms with Gasteiger partial charge in [0.25, 0.3) is 0 Å². The number of hydrogen-bond acceptors (Lipinski definition) is 4. The van der Waals surface area contributed by atoms with Crippen LogP contribution in [0.1, 0.15) is 35.6 Å². The summed E-state index contributed by atoms with van der Waals surface area (Å²) < 4.78 is 28.2. The first kappa shape index (κ1) is 25.4. The highest BCUT2D eigenvalue weighted by molar-refractivity contribution is 6.31. The molecule has 5 rings (SSSR count). The maximum absolute atomic E-state index is 14.1. The Morgan fingerprint density at radius 2 is 1.86 bits per heavy atom. The quantitative estimate of drug-likeness (QED) is 0.426. The van der Waals surface area contributed by atoms with Crippen molar-refractivity contribution in [1.29, 1.82) is 0 Å². The van der Waals surface area contributed by atoms with Gasteiger partial charge in [-0.05, 0) is 98.0 Å². The molecule has 0 aliphatic carbocycles. The Bertz CT molecular complexity index is 1350. The van der Waals surface area contributed by atoms with Crippen LogP contribution in [0.2, 0.25) is 5.02 Å². The van der Waals surface area contributed by atoms with E-state index in [1.807, 2.05) is 50.1 Å². The van der Waals surface area contributed by atoms with Gasteiger partial charge in [0.15, 0.2) is 0 Å². The van der Waals surface area contributed by atoms with Crippen LogP contribution in [0.5, 0.6) is 0 Å². The zero-order valence-electron chi connectivity index (χ0n) is 21.1. The largest absolute Gasteiger partial charge is 0.342 e. The van der Waals surface area contributed by atoms with E-state index in [0.29, 0.717) is 33.9 Å². The third-order valence-corrected chi connectivity index (χ3v) is 7.25. The first-order valence-corrected chi connectivity index (χ1v) is 12.8. The zero-order valence-corrected chi connectivity index (χ0v) is 21.8. The summed E-state index contributed by atoms with van der Waals surface area (Å²) in [5.74, 6) is -1.41. The van der Waals surface area contributed by atoms with Gasteiger partial charge < -0.3 is 15.1 Å². The molecule has 0 radical (unpaired) electrons. The molecule has 0 aromatic heterocycles. The van der Waals surface area contributed by atoms with Gasteiger partial charge in [0.1, 0.15) is 17.7 Å². The van der Waals surface area contributed by atoms with Crippen LogP contribution in [-0.2, 0) is 4.79 Å². The van der Waals surface area contributed by atoms with Crippen molar-refractivity contribution in [2.45, 2.75) is 38.8 Å². The number of hydrogen-bond donors (Lipinski definition) is 1. The smallest absolute Gasteiger partial charge is 0.250 e. The molecule has 3 aromatic rings. The average molecular weight is 523 g/mol. The molecule has 8 heteroatoms. The number of aliphatic imine (C=N–C) groups is 1. The lowest BCUT2D eigenvalue weighted by Gasteiger charge is -2.36. The van der Waals surface area contributed by atoms with Gasteiger partial charge in [-0.2, -0.15) is 0 Å². The van der Waals surface area contributed by atoms with E-state index >= 15 is 0 Å². The number of fused-ring (bicyclic) bond motifs is 1. The average Bonchev–Trinajstić information content (AvgIpc) is 3.34. The molecule has 0 spiro atoms. The fourth-order valence-corrected chi connectivity index (χ4v) is 5.56. The van der Waals surface area contributed by atoms with E-state index in [-0.39, 0.29) is 11.9 Å². The van der Waals surface area contributed by atoms with E-state index in [1.165, 1.54) is 12.1 Å². The van der Waals surface area contributed by atoms with Gasteiger partial charge in [0.05, 0.1) is 12.0 Å². The Labute approximate surface area is 220 Å². The summed E-state index contributed by atoms with van der Waals surface area (Å²) in [6, 6.07) is 12.3. The van der Waals surface area contributed by atoms with Crippen molar-refractivity contribution >= 4 is 35.2 Å². The Morgan fingerprint density at radius 3 is 2.54 bits per heavy atom. The molecule has 2 heterocycles. The predicted molar refractivity (Wildman–Crippen MR) is 145 cm³/mol.